The van der Waals surface area contributed by atoms with Gasteiger partial charge in [-0.15, -0.1) is 10.7 Å². The Bertz CT molecular complexity index is 1420. The third-order valence-electron chi connectivity index (χ3n) is 6.58. The number of benzene rings is 2. The van der Waals surface area contributed by atoms with E-state index in [1.165, 1.54) is 0 Å². The molecule has 0 radical (unpaired) electrons. The molecule has 2 heterocycles. The van der Waals surface area contributed by atoms with Crippen LogP contribution < -0.4 is 10.0 Å². The van der Waals surface area contributed by atoms with Gasteiger partial charge in [0.15, 0.2) is 0 Å². The van der Waals surface area contributed by atoms with Gasteiger partial charge in [0.05, 0.1) is 21.9 Å². The van der Waals surface area contributed by atoms with Crippen molar-refractivity contribution in [3.8, 4) is 0 Å². The summed E-state index contributed by atoms with van der Waals surface area (Å²) in [7, 11) is -0.0447. The number of aliphatic carboxylic acids is 1. The van der Waals surface area contributed by atoms with Crippen molar-refractivity contribution in [2.24, 2.45) is 0 Å². The van der Waals surface area contributed by atoms with E-state index in [1.54, 1.807) is 29.4 Å². The summed E-state index contributed by atoms with van der Waals surface area (Å²) in [6.07, 6.45) is 4.88. The molecule has 0 saturated heterocycles. The number of halogens is 2. The van der Waals surface area contributed by atoms with Gasteiger partial charge in [0.1, 0.15) is 11.6 Å². The van der Waals surface area contributed by atoms with Gasteiger partial charge >= 0.3 is 5.97 Å². The average Bonchev–Trinajstić information content (AvgIpc) is 3.37. The van der Waals surface area contributed by atoms with Crippen molar-refractivity contribution < 1.29 is 23.9 Å². The summed E-state index contributed by atoms with van der Waals surface area (Å²) in [6.45, 7) is 3.28. The zero-order valence-electron chi connectivity index (χ0n) is 21.1. The molecule has 0 aliphatic carbocycles. The fraction of sp³-hybridized carbons (Fsp3) is 0.333. The molecule has 0 bridgehead atoms. The predicted octanol–water partition coefficient (Wildman–Crippen LogP) is 5.13. The minimum absolute atomic E-state index is 0.0447. The number of fused-ring (bicyclic) bond motifs is 2. The Hall–Kier alpha value is -2.85. The molecule has 0 spiro atoms. The summed E-state index contributed by atoms with van der Waals surface area (Å²) >= 11 is 13.1. The highest BCUT2D eigenvalue weighted by Crippen LogP contribution is 2.35. The van der Waals surface area contributed by atoms with Crippen LogP contribution in [0.25, 0.3) is 11.0 Å². The van der Waals surface area contributed by atoms with Gasteiger partial charge in [0.25, 0.3) is 11.8 Å². The molecule has 4 rings (SSSR count). The number of rotatable bonds is 9. The number of hydrogen-bond acceptors (Lipinski definition) is 5. The quantitative estimate of drug-likeness (QED) is 0.240. The van der Waals surface area contributed by atoms with Crippen LogP contribution in [0.3, 0.4) is 0 Å². The first-order chi connectivity index (χ1) is 18.2. The van der Waals surface area contributed by atoms with Gasteiger partial charge in [-0.05, 0) is 67.8 Å². The minimum Gasteiger partial charge on any atom is -0.480 e. The first-order valence-electron chi connectivity index (χ1n) is 12.2. The third kappa shape index (κ3) is 6.23. The van der Waals surface area contributed by atoms with Crippen molar-refractivity contribution in [2.75, 3.05) is 19.3 Å². The average molecular weight is 579 g/mol. The Morgan fingerprint density at radius 3 is 2.76 bits per heavy atom. The zero-order valence-corrected chi connectivity index (χ0v) is 23.4. The summed E-state index contributed by atoms with van der Waals surface area (Å²) in [4.78, 5) is 39.7. The highest BCUT2D eigenvalue weighted by atomic mass is 35.5. The summed E-state index contributed by atoms with van der Waals surface area (Å²) in [6, 6.07) is 7.72. The molecule has 2 aromatic carbocycles. The highest BCUT2D eigenvalue weighted by molar-refractivity contribution is 8.12. The van der Waals surface area contributed by atoms with E-state index in [9.17, 15) is 19.5 Å². The molecule has 1 unspecified atom stereocenters. The van der Waals surface area contributed by atoms with Crippen LogP contribution in [0.1, 0.15) is 51.6 Å². The summed E-state index contributed by atoms with van der Waals surface area (Å²) in [5, 5.41) is 15.4. The van der Waals surface area contributed by atoms with E-state index in [1.807, 2.05) is 30.7 Å². The Kier molecular flexibility index (Phi) is 9.15. The summed E-state index contributed by atoms with van der Waals surface area (Å²) in [5.74, 6) is -1.90. The Morgan fingerprint density at radius 2 is 2.03 bits per heavy atom. The number of nitrogens with zero attached hydrogens (tertiary/aromatic N) is 1. The van der Waals surface area contributed by atoms with Crippen LogP contribution in [0.2, 0.25) is 10.0 Å². The van der Waals surface area contributed by atoms with Crippen molar-refractivity contribution in [3.05, 3.63) is 68.9 Å². The van der Waals surface area contributed by atoms with Crippen LogP contribution in [-0.2, 0) is 17.8 Å². The number of amides is 2. The van der Waals surface area contributed by atoms with Gasteiger partial charge in [0, 0.05) is 30.6 Å². The molecule has 2 atom stereocenters. The first kappa shape index (κ1) is 28.2. The molecule has 2 amide bonds. The molecule has 0 fully saturated rings. The standard InChI is InChI=1S/C27H29Cl2N3O5S/c1-3-38(2)30-10-4-5-21(27(35)36)31-25(33)23-20(28)13-18-15-32(11-8-19(18)24(23)29)26(34)17-7-6-16-9-12-37-22(16)14-17/h3,6-7,9,12-14,21,30H,4-5,8,10-11,15H2,1-2H3,(H,31,33)(H,35,36)/t21-,38?/m0/s1. The van der Waals surface area contributed by atoms with Crippen molar-refractivity contribution in [1.82, 2.24) is 14.9 Å². The molecule has 8 nitrogen and oxygen atoms in total. The van der Waals surface area contributed by atoms with Crippen molar-refractivity contribution in [2.45, 2.75) is 38.8 Å². The van der Waals surface area contributed by atoms with E-state index in [0.717, 1.165) is 16.5 Å². The molecule has 1 aliphatic rings. The second-order valence-corrected chi connectivity index (χ2v) is 11.7. The Morgan fingerprint density at radius 1 is 1.24 bits per heavy atom. The van der Waals surface area contributed by atoms with Gasteiger partial charge in [-0.3, -0.25) is 14.3 Å². The largest absolute Gasteiger partial charge is 0.480 e. The van der Waals surface area contributed by atoms with Gasteiger partial charge in [-0.25, -0.2) is 4.79 Å². The maximum atomic E-state index is 13.2. The van der Waals surface area contributed by atoms with Gasteiger partial charge in [-0.1, -0.05) is 34.6 Å². The fourth-order valence-electron chi connectivity index (χ4n) is 4.41. The molecule has 38 heavy (non-hydrogen) atoms. The summed E-state index contributed by atoms with van der Waals surface area (Å²) in [5.41, 5.74) is 2.68. The van der Waals surface area contributed by atoms with Crippen molar-refractivity contribution >= 4 is 68.0 Å². The number of carboxylic acids is 1. The molecule has 1 aromatic heterocycles. The second-order valence-electron chi connectivity index (χ2n) is 9.03. The lowest BCUT2D eigenvalue weighted by Crippen LogP contribution is -2.41. The van der Waals surface area contributed by atoms with Crippen LogP contribution in [-0.4, -0.2) is 58.5 Å². The number of carboxylic acid groups (broad SMARTS) is 1. The van der Waals surface area contributed by atoms with Crippen LogP contribution >= 0.6 is 33.9 Å². The van der Waals surface area contributed by atoms with E-state index < -0.39 is 17.9 Å². The number of carbonyl (C=O) groups excluding carboxylic acids is 2. The lowest BCUT2D eigenvalue weighted by Gasteiger charge is -2.30. The number of furan rings is 1. The number of carbonyl (C=O) groups is 3. The van der Waals surface area contributed by atoms with Crippen LogP contribution in [0, 0.1) is 0 Å². The van der Waals surface area contributed by atoms with Gasteiger partial charge < -0.3 is 19.7 Å². The van der Waals surface area contributed by atoms with Gasteiger partial charge in [-0.2, -0.15) is 0 Å². The zero-order chi connectivity index (χ0) is 27.4. The highest BCUT2D eigenvalue weighted by Gasteiger charge is 2.29. The molecular weight excluding hydrogens is 549 g/mol. The first-order valence-corrected chi connectivity index (χ1v) is 14.6. The minimum atomic E-state index is -1.12. The van der Waals surface area contributed by atoms with E-state index in [4.69, 9.17) is 27.6 Å². The monoisotopic (exact) mass is 577 g/mol. The molecule has 0 saturated carbocycles. The summed E-state index contributed by atoms with van der Waals surface area (Å²) < 4.78 is 8.70. The van der Waals surface area contributed by atoms with Crippen molar-refractivity contribution in [1.29, 1.82) is 0 Å². The van der Waals surface area contributed by atoms with E-state index >= 15 is 0 Å². The molecule has 202 valence electrons. The van der Waals surface area contributed by atoms with E-state index in [0.29, 0.717) is 37.1 Å². The second kappa shape index (κ2) is 12.3. The molecule has 1 aliphatic heterocycles. The molecule has 11 heteroatoms. The lowest BCUT2D eigenvalue weighted by molar-refractivity contribution is -0.139. The fourth-order valence-corrected chi connectivity index (χ4v) is 5.81. The van der Waals surface area contributed by atoms with Crippen LogP contribution in [0.15, 0.2) is 41.0 Å². The predicted molar refractivity (Wildman–Crippen MR) is 153 cm³/mol. The number of hydrogen-bond donors (Lipinski definition) is 3. The van der Waals surface area contributed by atoms with Crippen LogP contribution in [0.5, 0.6) is 0 Å². The Labute approximate surface area is 233 Å². The molecule has 3 N–H and O–H groups in total. The normalized spacial score (nSPS) is 14.8. The maximum absolute atomic E-state index is 13.2. The number of nitrogens with one attached hydrogen (secondary N) is 2. The van der Waals surface area contributed by atoms with E-state index in [2.05, 4.69) is 10.0 Å². The smallest absolute Gasteiger partial charge is 0.326 e. The van der Waals surface area contributed by atoms with Gasteiger partial charge in [0.2, 0.25) is 0 Å². The Balaban J connectivity index is 1.47. The van der Waals surface area contributed by atoms with E-state index in [-0.39, 0.29) is 45.2 Å². The third-order valence-corrected chi connectivity index (χ3v) is 8.66. The van der Waals surface area contributed by atoms with Crippen molar-refractivity contribution in [3.63, 3.8) is 0 Å². The molecular formula is C27H29Cl2N3O5S. The molecule has 3 aromatic rings. The topological polar surface area (TPSA) is 112 Å². The lowest BCUT2D eigenvalue weighted by atomic mass is 9.95. The SMILES string of the molecule is CC=S(C)NCCC[C@H](NC(=O)c1c(Cl)cc2c(c1Cl)CCN(C(=O)c1ccc3ccoc3c1)C2)C(=O)O. The maximum Gasteiger partial charge on any atom is 0.326 e. The van der Waals surface area contributed by atoms with Crippen LogP contribution in [0.4, 0.5) is 0 Å².